The maximum Gasteiger partial charge on any atom is 0.340 e. The highest BCUT2D eigenvalue weighted by molar-refractivity contribution is 8.76. The number of rotatable bonds is 11. The number of cyclic esters (lactones) is 1. The molecule has 0 unspecified atom stereocenters. The highest BCUT2D eigenvalue weighted by Crippen LogP contribution is 2.72. The lowest BCUT2D eigenvalue weighted by molar-refractivity contribution is -0.137. The lowest BCUT2D eigenvalue weighted by Crippen LogP contribution is -2.53. The molecule has 1 saturated heterocycles. The Kier molecular flexibility index (Phi) is 13.3. The van der Waals surface area contributed by atoms with Crippen LogP contribution in [0.1, 0.15) is 128 Å². The number of aliphatic hydroxyl groups excluding tert-OH is 2. The van der Waals surface area contributed by atoms with Gasteiger partial charge in [-0.05, 0) is 154 Å². The van der Waals surface area contributed by atoms with Crippen LogP contribution in [0.2, 0.25) is 0 Å². The van der Waals surface area contributed by atoms with E-state index in [0.29, 0.717) is 66.2 Å². The maximum atomic E-state index is 15.2. The Morgan fingerprint density at radius 3 is 2.55 bits per heavy atom. The minimum atomic E-state index is -0.950. The normalized spacial score (nSPS) is 35.7. The fourth-order valence-corrected chi connectivity index (χ4v) is 16.6. The first-order valence-electron chi connectivity index (χ1n) is 24.9. The summed E-state index contributed by atoms with van der Waals surface area (Å²) < 4.78 is 13.1. The SMILES string of the molecule is CCC1(/C=C2\OC(=O)C3=C2CC[C@H]2[C@@H]4CC[C@@]5(C6=C4[C@@H](CN4C(=O)C=CC4=O)c4ccnc(c4)NCSS[C@@H](NC[C@H](C)O)[C@H](C4CCC(CCCO)CC4)C/C=C\5OC6=O)[C@@H]32)CCCC1. The van der Waals surface area contributed by atoms with E-state index in [1.54, 1.807) is 34.7 Å². The van der Waals surface area contributed by atoms with Crippen molar-refractivity contribution in [3.05, 3.63) is 82.0 Å². The van der Waals surface area contributed by atoms with Crippen LogP contribution in [0.25, 0.3) is 0 Å². The summed E-state index contributed by atoms with van der Waals surface area (Å²) in [6, 6.07) is 3.94. The van der Waals surface area contributed by atoms with E-state index in [4.69, 9.17) is 14.5 Å². The maximum absolute atomic E-state index is 15.2. The predicted molar refractivity (Wildman–Crippen MR) is 255 cm³/mol. The molecule has 10 aliphatic rings. The molecule has 7 bridgehead atoms. The molecular weight excluding hydrogens is 873 g/mol. The lowest BCUT2D eigenvalue weighted by Gasteiger charge is -2.57. The van der Waals surface area contributed by atoms with Crippen LogP contribution in [0.3, 0.4) is 0 Å². The first kappa shape index (κ1) is 46.1. The zero-order valence-corrected chi connectivity index (χ0v) is 40.1. The molecule has 4 fully saturated rings. The lowest BCUT2D eigenvalue weighted by atomic mass is 9.43. The molecule has 3 saturated carbocycles. The summed E-state index contributed by atoms with van der Waals surface area (Å²) in [5, 5.41) is 27.4. The van der Waals surface area contributed by atoms with Gasteiger partial charge in [-0.25, -0.2) is 14.6 Å². The highest BCUT2D eigenvalue weighted by atomic mass is 33.1. The number of aromatic nitrogens is 1. The summed E-state index contributed by atoms with van der Waals surface area (Å²) in [6.07, 6.45) is 23.5. The molecular formula is C52H66N4O8S2. The number of amides is 2. The van der Waals surface area contributed by atoms with Crippen LogP contribution in [-0.4, -0.2) is 80.9 Å². The van der Waals surface area contributed by atoms with Crippen molar-refractivity contribution in [1.29, 1.82) is 0 Å². The van der Waals surface area contributed by atoms with E-state index < -0.39 is 23.4 Å². The fraction of sp³-hybridized carbons (Fsp3) is 0.635. The Balaban J connectivity index is 1.15. The summed E-state index contributed by atoms with van der Waals surface area (Å²) in [7, 11) is 3.46. The third-order valence-electron chi connectivity index (χ3n) is 17.3. The predicted octanol–water partition coefficient (Wildman–Crippen LogP) is 8.62. The number of carbonyl (C=O) groups is 4. The Bertz CT molecular complexity index is 2250. The van der Waals surface area contributed by atoms with E-state index >= 15 is 4.79 Å². The van der Waals surface area contributed by atoms with Crippen molar-refractivity contribution >= 4 is 51.2 Å². The van der Waals surface area contributed by atoms with Crippen LogP contribution in [0.4, 0.5) is 5.82 Å². The van der Waals surface area contributed by atoms with E-state index in [0.717, 1.165) is 106 Å². The average Bonchev–Trinajstić information content (AvgIpc) is 4.08. The second kappa shape index (κ2) is 19.0. The standard InChI is InChI=1S/C52H66N4O8S2/c1-3-51(20-4-5-21-51)26-39-37-13-12-36-35-18-22-52(46(36)45(37)49(61)63-39)40-15-14-34(32-10-8-31(9-11-32)7-6-24-57)48(54-27-30(2)58)66-65-29-55-41-25-33(19-23-53-41)38(44(35)47(52)50(62)64-40)28-56-42(59)16-17-43(56)60/h15-17,19,23,25-26,30-32,34-36,38,46,48,54,57-58H,3-14,18,20-22,24,27-29H2,1-2H3,(H,53,55)/b39-26-,40-15+/t30-,31?,32?,34-,35-,36-,38-,46+,48+,52-/m0/s1. The van der Waals surface area contributed by atoms with Gasteiger partial charge in [0.2, 0.25) is 0 Å². The quantitative estimate of drug-likeness (QED) is 0.0947. The van der Waals surface area contributed by atoms with E-state index in [-0.39, 0.29) is 65.4 Å². The number of fused-ring (bicyclic) bond motifs is 3. The number of imide groups is 1. The number of allylic oxidation sites excluding steroid dienone is 4. The number of esters is 2. The second-order valence-corrected chi connectivity index (χ2v) is 23.2. The highest BCUT2D eigenvalue weighted by Gasteiger charge is 2.69. The van der Waals surface area contributed by atoms with Gasteiger partial charge in [-0.15, -0.1) is 0 Å². The van der Waals surface area contributed by atoms with E-state index in [1.807, 2.05) is 12.1 Å². The number of hydrogen-bond donors (Lipinski definition) is 4. The first-order chi connectivity index (χ1) is 32.0. The average molecular weight is 939 g/mol. The van der Waals surface area contributed by atoms with Gasteiger partial charge in [-0.1, -0.05) is 54.2 Å². The minimum absolute atomic E-state index is 0.00349. The largest absolute Gasteiger partial charge is 0.427 e. The summed E-state index contributed by atoms with van der Waals surface area (Å²) in [5.41, 5.74) is 3.13. The van der Waals surface area contributed by atoms with Crippen molar-refractivity contribution in [2.45, 2.75) is 134 Å². The van der Waals surface area contributed by atoms with Gasteiger partial charge in [0.05, 0.1) is 28.3 Å². The van der Waals surface area contributed by atoms with Crippen molar-refractivity contribution in [1.82, 2.24) is 15.2 Å². The molecule has 1 aromatic rings. The Hall–Kier alpha value is -3.69. The van der Waals surface area contributed by atoms with Crippen molar-refractivity contribution in [2.24, 2.45) is 46.3 Å². The minimum Gasteiger partial charge on any atom is -0.427 e. The first-order valence-corrected chi connectivity index (χ1v) is 27.3. The Labute approximate surface area is 396 Å². The van der Waals surface area contributed by atoms with Crippen LogP contribution < -0.4 is 10.6 Å². The molecule has 4 aliphatic heterocycles. The molecule has 14 heteroatoms. The van der Waals surface area contributed by atoms with Crippen molar-refractivity contribution in [2.75, 3.05) is 30.9 Å². The molecule has 1 aromatic heterocycles. The number of nitrogens with one attached hydrogen (secondary N) is 2. The number of ether oxygens (including phenoxy) is 2. The molecule has 66 heavy (non-hydrogen) atoms. The molecule has 12 nitrogen and oxygen atoms in total. The zero-order chi connectivity index (χ0) is 45.7. The van der Waals surface area contributed by atoms with Gasteiger partial charge in [-0.3, -0.25) is 14.5 Å². The molecule has 0 radical (unpaired) electrons. The molecule has 11 rings (SSSR count). The molecule has 8 atom stereocenters. The van der Waals surface area contributed by atoms with Gasteiger partial charge >= 0.3 is 11.9 Å². The van der Waals surface area contributed by atoms with Crippen LogP contribution >= 0.6 is 21.6 Å². The zero-order valence-electron chi connectivity index (χ0n) is 38.4. The van der Waals surface area contributed by atoms with Crippen LogP contribution in [0.15, 0.2) is 76.4 Å². The van der Waals surface area contributed by atoms with Gasteiger partial charge in [0.25, 0.3) is 11.8 Å². The molecule has 1 spiro atoms. The van der Waals surface area contributed by atoms with Gasteiger partial charge in [-0.2, -0.15) is 0 Å². The molecule has 2 amide bonds. The number of anilines is 1. The van der Waals surface area contributed by atoms with E-state index in [9.17, 15) is 24.6 Å². The number of carbonyl (C=O) groups excluding carboxylic acids is 4. The van der Waals surface area contributed by atoms with E-state index in [2.05, 4.69) is 29.7 Å². The molecule has 5 heterocycles. The van der Waals surface area contributed by atoms with E-state index in [1.165, 1.54) is 17.1 Å². The van der Waals surface area contributed by atoms with Crippen molar-refractivity contribution < 1.29 is 38.9 Å². The monoisotopic (exact) mass is 938 g/mol. The molecule has 6 aliphatic carbocycles. The van der Waals surface area contributed by atoms with Gasteiger partial charge in [0.1, 0.15) is 17.3 Å². The van der Waals surface area contributed by atoms with Crippen molar-refractivity contribution in [3.8, 4) is 0 Å². The Morgan fingerprint density at radius 2 is 1.80 bits per heavy atom. The number of pyridine rings is 1. The van der Waals surface area contributed by atoms with Gasteiger partial charge < -0.3 is 30.3 Å². The molecule has 0 aromatic carbocycles. The van der Waals surface area contributed by atoms with Crippen LogP contribution in [0, 0.1) is 46.3 Å². The van der Waals surface area contributed by atoms with Crippen LogP contribution in [-0.2, 0) is 28.7 Å². The van der Waals surface area contributed by atoms with Gasteiger partial charge in [0.15, 0.2) is 0 Å². The summed E-state index contributed by atoms with van der Waals surface area (Å²) >= 11 is 0. The smallest absolute Gasteiger partial charge is 0.340 e. The number of hydrogen-bond acceptors (Lipinski definition) is 13. The van der Waals surface area contributed by atoms with Crippen LogP contribution in [0.5, 0.6) is 0 Å². The third-order valence-corrected chi connectivity index (χ3v) is 19.8. The summed E-state index contributed by atoms with van der Waals surface area (Å²) in [5.74, 6) is 1.22. The summed E-state index contributed by atoms with van der Waals surface area (Å²) in [4.78, 5) is 62.7. The third kappa shape index (κ3) is 8.26. The topological polar surface area (TPSA) is 167 Å². The fourth-order valence-electron chi connectivity index (χ4n) is 14.1. The Morgan fingerprint density at radius 1 is 1.02 bits per heavy atom. The molecule has 4 N–H and O–H groups in total. The second-order valence-electron chi connectivity index (χ2n) is 20.7. The van der Waals surface area contributed by atoms with Crippen molar-refractivity contribution in [3.63, 3.8) is 0 Å². The number of nitrogens with zero attached hydrogens (tertiary/aromatic N) is 2. The van der Waals surface area contributed by atoms with Gasteiger partial charge in [0, 0.05) is 61.0 Å². The molecule has 354 valence electrons. The summed E-state index contributed by atoms with van der Waals surface area (Å²) in [6.45, 7) is 4.75. The number of aliphatic hydroxyl groups is 2.